The van der Waals surface area contributed by atoms with Crippen molar-refractivity contribution in [3.8, 4) is 17.2 Å². The van der Waals surface area contributed by atoms with Gasteiger partial charge in [0.15, 0.2) is 0 Å². The topological polar surface area (TPSA) is 30.7 Å². The van der Waals surface area contributed by atoms with E-state index in [9.17, 15) is 0 Å². The summed E-state index contributed by atoms with van der Waals surface area (Å²) in [5, 5.41) is 15.9. The Bertz CT molecular complexity index is 3440. The summed E-state index contributed by atoms with van der Waals surface area (Å²) >= 11 is 1.77. The van der Waals surface area contributed by atoms with Gasteiger partial charge in [-0.2, -0.15) is 0 Å². The number of benzene rings is 9. The fourth-order valence-electron chi connectivity index (χ4n) is 8.68. The molecule has 0 saturated heterocycles. The van der Waals surface area contributed by atoms with Crippen LogP contribution in [-0.2, 0) is 0 Å². The van der Waals surface area contributed by atoms with Crippen LogP contribution in [0.25, 0.3) is 113 Å². The Balaban J connectivity index is 1.30. The molecule has 52 heavy (non-hydrogen) atoms. The van der Waals surface area contributed by atoms with Crippen LogP contribution in [0.4, 0.5) is 0 Å². The second-order valence-electron chi connectivity index (χ2n) is 13.7. The van der Waals surface area contributed by atoms with Crippen LogP contribution in [0, 0.1) is 0 Å². The van der Waals surface area contributed by atoms with Gasteiger partial charge in [-0.3, -0.25) is 4.57 Å². The zero-order valence-corrected chi connectivity index (χ0v) is 28.7. The zero-order valence-electron chi connectivity index (χ0n) is 27.8. The van der Waals surface area contributed by atoms with Crippen molar-refractivity contribution in [3.05, 3.63) is 164 Å². The number of hydrogen-bond donors (Lipinski definition) is 0. The van der Waals surface area contributed by atoms with E-state index in [1.54, 1.807) is 11.3 Å². The molecular weight excluding hydrogens is 651 g/mol. The van der Waals surface area contributed by atoms with Gasteiger partial charge in [-0.15, -0.1) is 11.3 Å². The monoisotopic (exact) mass is 677 g/mol. The van der Waals surface area contributed by atoms with Crippen LogP contribution in [0.5, 0.6) is 0 Å². The van der Waals surface area contributed by atoms with Crippen LogP contribution in [0.15, 0.2) is 164 Å². The highest BCUT2D eigenvalue weighted by molar-refractivity contribution is 7.26. The Hall–Kier alpha value is -6.62. The summed E-state index contributed by atoms with van der Waals surface area (Å²) in [6.07, 6.45) is 0. The number of hydrogen-bond acceptors (Lipinski definition) is 3. The first-order chi connectivity index (χ1) is 25.8. The van der Waals surface area contributed by atoms with Crippen molar-refractivity contribution in [1.29, 1.82) is 0 Å². The molecule has 0 aliphatic carbocycles. The molecule has 240 valence electrons. The summed E-state index contributed by atoms with van der Waals surface area (Å²) in [6, 6.07) is 59.4. The molecule has 0 N–H and O–H groups in total. The smallest absolute Gasteiger partial charge is 0.235 e. The minimum atomic E-state index is 0.681. The number of thiophene rings is 1. The van der Waals surface area contributed by atoms with E-state index < -0.39 is 0 Å². The SMILES string of the molecule is c1ccc2cc(-c3nc(-n4c5ccc6c7ccccc7c7ccccc7c6c5c5ccc6ccccc6c54)nc4c3sc3ccccc34)ccc2c1. The number of nitrogens with zero attached hydrogens (tertiary/aromatic N) is 3. The van der Waals surface area contributed by atoms with E-state index in [1.807, 2.05) is 0 Å². The van der Waals surface area contributed by atoms with Gasteiger partial charge in [-0.1, -0.05) is 146 Å². The molecule has 12 rings (SSSR count). The molecular formula is C48H27N3S. The van der Waals surface area contributed by atoms with E-state index in [4.69, 9.17) is 9.97 Å². The molecule has 0 spiro atoms. The van der Waals surface area contributed by atoms with Crippen LogP contribution in [-0.4, -0.2) is 14.5 Å². The summed E-state index contributed by atoms with van der Waals surface area (Å²) in [6.45, 7) is 0. The lowest BCUT2D eigenvalue weighted by Gasteiger charge is -2.13. The molecule has 9 aromatic carbocycles. The van der Waals surface area contributed by atoms with Gasteiger partial charge >= 0.3 is 0 Å². The van der Waals surface area contributed by atoms with E-state index in [0.29, 0.717) is 5.95 Å². The Kier molecular flexibility index (Phi) is 5.65. The van der Waals surface area contributed by atoms with Gasteiger partial charge in [-0.05, 0) is 61.3 Å². The predicted octanol–water partition coefficient (Wildman–Crippen LogP) is 13.4. The largest absolute Gasteiger partial charge is 0.277 e. The highest BCUT2D eigenvalue weighted by Crippen LogP contribution is 2.46. The maximum absolute atomic E-state index is 5.58. The second-order valence-corrected chi connectivity index (χ2v) is 14.8. The number of rotatable bonds is 2. The third kappa shape index (κ3) is 3.79. The van der Waals surface area contributed by atoms with Crippen LogP contribution < -0.4 is 0 Å². The average Bonchev–Trinajstić information content (AvgIpc) is 3.76. The summed E-state index contributed by atoms with van der Waals surface area (Å²) in [4.78, 5) is 11.1. The minimum absolute atomic E-state index is 0.681. The predicted molar refractivity (Wildman–Crippen MR) is 222 cm³/mol. The quantitative estimate of drug-likeness (QED) is 0.171. The van der Waals surface area contributed by atoms with Crippen LogP contribution >= 0.6 is 11.3 Å². The van der Waals surface area contributed by atoms with Gasteiger partial charge in [0.1, 0.15) is 0 Å². The van der Waals surface area contributed by atoms with E-state index in [-0.39, 0.29) is 0 Å². The van der Waals surface area contributed by atoms with Gasteiger partial charge in [0.2, 0.25) is 5.95 Å². The Labute approximate surface area is 301 Å². The van der Waals surface area contributed by atoms with E-state index in [1.165, 1.54) is 69.3 Å². The van der Waals surface area contributed by atoms with Crippen LogP contribution in [0.3, 0.4) is 0 Å². The first kappa shape index (κ1) is 28.1. The fraction of sp³-hybridized carbons (Fsp3) is 0. The van der Waals surface area contributed by atoms with Crippen molar-refractivity contribution in [1.82, 2.24) is 14.5 Å². The summed E-state index contributed by atoms with van der Waals surface area (Å²) in [7, 11) is 0. The number of fused-ring (bicyclic) bond motifs is 16. The molecule has 0 amide bonds. The lowest BCUT2D eigenvalue weighted by Crippen LogP contribution is -2.03. The lowest BCUT2D eigenvalue weighted by atomic mass is 9.91. The van der Waals surface area contributed by atoms with Crippen LogP contribution in [0.1, 0.15) is 0 Å². The first-order valence-corrected chi connectivity index (χ1v) is 18.5. The van der Waals surface area contributed by atoms with Crippen molar-refractivity contribution in [2.75, 3.05) is 0 Å². The Morgan fingerprint density at radius 2 is 1.02 bits per heavy atom. The van der Waals surface area contributed by atoms with Gasteiger partial charge < -0.3 is 0 Å². The fourth-order valence-corrected chi connectivity index (χ4v) is 9.83. The lowest BCUT2D eigenvalue weighted by molar-refractivity contribution is 1.02. The van der Waals surface area contributed by atoms with E-state index >= 15 is 0 Å². The first-order valence-electron chi connectivity index (χ1n) is 17.7. The molecule has 3 nitrogen and oxygen atoms in total. The van der Waals surface area contributed by atoms with Gasteiger partial charge in [-0.25, -0.2) is 9.97 Å². The molecule has 0 radical (unpaired) electrons. The molecule has 0 fully saturated rings. The normalized spacial score (nSPS) is 12.2. The van der Waals surface area contributed by atoms with Gasteiger partial charge in [0.05, 0.1) is 26.9 Å². The third-order valence-corrected chi connectivity index (χ3v) is 12.1. The summed E-state index contributed by atoms with van der Waals surface area (Å²) in [5.74, 6) is 0.681. The number of aromatic nitrogens is 3. The molecule has 0 aliphatic heterocycles. The van der Waals surface area contributed by atoms with Gasteiger partial charge in [0.25, 0.3) is 0 Å². The molecule has 0 aliphatic rings. The standard InChI is InChI=1S/C48H27N3S/c1-2-13-30-27-31(22-21-28(30)11-1)44-47-45(38-19-9-10-20-41(38)52-47)50-48(49-44)51-40-26-25-37-35-17-6-5-15-33(35)34-16-7-8-18-36(34)42(37)43(40)39-24-23-29-12-3-4-14-32(29)46(39)51/h1-27H. The van der Waals surface area contributed by atoms with Crippen molar-refractivity contribution >= 4 is 107 Å². The molecule has 0 bridgehead atoms. The molecule has 0 atom stereocenters. The maximum Gasteiger partial charge on any atom is 0.235 e. The summed E-state index contributed by atoms with van der Waals surface area (Å²) < 4.78 is 4.66. The maximum atomic E-state index is 5.58. The highest BCUT2D eigenvalue weighted by atomic mass is 32.1. The zero-order chi connectivity index (χ0) is 33.9. The molecule has 0 saturated carbocycles. The van der Waals surface area contributed by atoms with Gasteiger partial charge in [0, 0.05) is 37.2 Å². The Morgan fingerprint density at radius 1 is 0.423 bits per heavy atom. The Morgan fingerprint density at radius 3 is 1.83 bits per heavy atom. The van der Waals surface area contributed by atoms with Crippen molar-refractivity contribution in [3.63, 3.8) is 0 Å². The van der Waals surface area contributed by atoms with Crippen molar-refractivity contribution in [2.45, 2.75) is 0 Å². The molecule has 0 unspecified atom stereocenters. The molecule has 3 heterocycles. The third-order valence-electron chi connectivity index (χ3n) is 11.0. The second kappa shape index (κ2) is 10.5. The average molecular weight is 678 g/mol. The molecule has 12 aromatic rings. The molecule has 3 aromatic heterocycles. The highest BCUT2D eigenvalue weighted by Gasteiger charge is 2.23. The van der Waals surface area contributed by atoms with E-state index in [0.717, 1.165) is 37.9 Å². The van der Waals surface area contributed by atoms with E-state index in [2.05, 4.69) is 168 Å². The van der Waals surface area contributed by atoms with Crippen molar-refractivity contribution < 1.29 is 0 Å². The van der Waals surface area contributed by atoms with Crippen LogP contribution in [0.2, 0.25) is 0 Å². The minimum Gasteiger partial charge on any atom is -0.277 e. The summed E-state index contributed by atoms with van der Waals surface area (Å²) in [5.41, 5.74) is 5.26. The molecule has 4 heteroatoms. The van der Waals surface area contributed by atoms with Crippen molar-refractivity contribution in [2.24, 2.45) is 0 Å².